The van der Waals surface area contributed by atoms with Crippen LogP contribution in [0.1, 0.15) is 34.1 Å². The van der Waals surface area contributed by atoms with Crippen LogP contribution >= 0.6 is 0 Å². The first-order valence-corrected chi connectivity index (χ1v) is 6.15. The molecule has 1 heterocycles. The second-order valence-corrected chi connectivity index (χ2v) is 4.96. The van der Waals surface area contributed by atoms with Crippen LogP contribution in [0.5, 0.6) is 0 Å². The Labute approximate surface area is 98.1 Å². The summed E-state index contributed by atoms with van der Waals surface area (Å²) in [5.41, 5.74) is 0. The lowest BCUT2D eigenvalue weighted by Gasteiger charge is -2.24. The number of carbonyl (C=O) groups is 1. The molecule has 3 unspecified atom stereocenters. The highest BCUT2D eigenvalue weighted by Gasteiger charge is 2.25. The van der Waals surface area contributed by atoms with Crippen LogP contribution in [0, 0.1) is 5.92 Å². The first kappa shape index (κ1) is 13.5. The number of amides is 1. The largest absolute Gasteiger partial charge is 0.381 e. The molecule has 0 saturated carbocycles. The van der Waals surface area contributed by atoms with Gasteiger partial charge in [-0.1, -0.05) is 0 Å². The van der Waals surface area contributed by atoms with E-state index in [0.29, 0.717) is 12.0 Å². The third kappa shape index (κ3) is 4.10. The maximum absolute atomic E-state index is 11.7. The topological polar surface area (TPSA) is 50.4 Å². The van der Waals surface area contributed by atoms with E-state index in [1.165, 1.54) is 0 Å². The highest BCUT2D eigenvalue weighted by molar-refractivity contribution is 5.81. The van der Waals surface area contributed by atoms with Crippen LogP contribution in [0.25, 0.3) is 0 Å². The van der Waals surface area contributed by atoms with Crippen molar-refractivity contribution in [2.45, 2.75) is 52.2 Å². The quantitative estimate of drug-likeness (QED) is 0.735. The summed E-state index contributed by atoms with van der Waals surface area (Å²) in [5, 5.41) is 6.24. The van der Waals surface area contributed by atoms with Gasteiger partial charge in [0.25, 0.3) is 0 Å². The molecule has 0 aliphatic carbocycles. The monoisotopic (exact) mass is 228 g/mol. The maximum atomic E-state index is 11.7. The van der Waals surface area contributed by atoms with Crippen LogP contribution < -0.4 is 10.6 Å². The van der Waals surface area contributed by atoms with Gasteiger partial charge in [0.15, 0.2) is 0 Å². The van der Waals surface area contributed by atoms with E-state index in [9.17, 15) is 4.79 Å². The van der Waals surface area contributed by atoms with Gasteiger partial charge in [-0.25, -0.2) is 0 Å². The van der Waals surface area contributed by atoms with Gasteiger partial charge in [0, 0.05) is 18.7 Å². The number of carbonyl (C=O) groups excluding carboxylic acids is 1. The van der Waals surface area contributed by atoms with E-state index in [1.807, 2.05) is 20.8 Å². The predicted octanol–water partition coefficient (Wildman–Crippen LogP) is 0.914. The van der Waals surface area contributed by atoms with Crippen molar-refractivity contribution in [3.8, 4) is 0 Å². The number of nitrogens with one attached hydrogen (secondary N) is 2. The SMILES string of the molecule is CC(C)NC(=O)C(C)NC(C)C1CCOC1. The van der Waals surface area contributed by atoms with Gasteiger partial charge >= 0.3 is 0 Å². The molecule has 1 amide bonds. The molecule has 2 N–H and O–H groups in total. The molecule has 0 radical (unpaired) electrons. The first-order valence-electron chi connectivity index (χ1n) is 6.15. The molecule has 3 atom stereocenters. The molecule has 4 nitrogen and oxygen atoms in total. The smallest absolute Gasteiger partial charge is 0.237 e. The summed E-state index contributed by atoms with van der Waals surface area (Å²) in [6.45, 7) is 9.64. The van der Waals surface area contributed by atoms with E-state index in [4.69, 9.17) is 4.74 Å². The Morgan fingerprint density at radius 2 is 2.00 bits per heavy atom. The Bertz CT molecular complexity index is 225. The molecule has 0 bridgehead atoms. The van der Waals surface area contributed by atoms with Crippen molar-refractivity contribution >= 4 is 5.91 Å². The van der Waals surface area contributed by atoms with Gasteiger partial charge in [-0.05, 0) is 40.0 Å². The standard InChI is InChI=1S/C12H24N2O2/c1-8(2)13-12(15)10(4)14-9(3)11-5-6-16-7-11/h8-11,14H,5-7H2,1-4H3,(H,13,15). The van der Waals surface area contributed by atoms with Crippen molar-refractivity contribution < 1.29 is 9.53 Å². The minimum Gasteiger partial charge on any atom is -0.381 e. The van der Waals surface area contributed by atoms with Crippen molar-refractivity contribution in [3.63, 3.8) is 0 Å². The summed E-state index contributed by atoms with van der Waals surface area (Å²) in [6.07, 6.45) is 1.09. The molecule has 4 heteroatoms. The summed E-state index contributed by atoms with van der Waals surface area (Å²) < 4.78 is 5.34. The summed E-state index contributed by atoms with van der Waals surface area (Å²) >= 11 is 0. The predicted molar refractivity (Wildman–Crippen MR) is 64.3 cm³/mol. The van der Waals surface area contributed by atoms with E-state index in [0.717, 1.165) is 19.6 Å². The maximum Gasteiger partial charge on any atom is 0.237 e. The van der Waals surface area contributed by atoms with Gasteiger partial charge in [0.05, 0.1) is 12.6 Å². The lowest BCUT2D eigenvalue weighted by atomic mass is 10.00. The zero-order chi connectivity index (χ0) is 12.1. The number of hydrogen-bond donors (Lipinski definition) is 2. The average molecular weight is 228 g/mol. The minimum atomic E-state index is -0.141. The van der Waals surface area contributed by atoms with Crippen LogP contribution in [0.2, 0.25) is 0 Å². The average Bonchev–Trinajstić information content (AvgIpc) is 2.68. The van der Waals surface area contributed by atoms with Gasteiger partial charge in [0.1, 0.15) is 0 Å². The Hall–Kier alpha value is -0.610. The Morgan fingerprint density at radius 3 is 2.50 bits per heavy atom. The van der Waals surface area contributed by atoms with Crippen molar-refractivity contribution in [2.75, 3.05) is 13.2 Å². The van der Waals surface area contributed by atoms with Crippen LogP contribution in [-0.4, -0.2) is 37.2 Å². The van der Waals surface area contributed by atoms with Crippen molar-refractivity contribution in [3.05, 3.63) is 0 Å². The third-order valence-electron chi connectivity index (χ3n) is 3.01. The van der Waals surface area contributed by atoms with Crippen LogP contribution in [0.3, 0.4) is 0 Å². The molecule has 1 aliphatic heterocycles. The van der Waals surface area contributed by atoms with Gasteiger partial charge in [-0.3, -0.25) is 4.79 Å². The molecule has 1 saturated heterocycles. The van der Waals surface area contributed by atoms with Gasteiger partial charge < -0.3 is 15.4 Å². The Morgan fingerprint density at radius 1 is 1.31 bits per heavy atom. The lowest BCUT2D eigenvalue weighted by molar-refractivity contribution is -0.123. The molecule has 0 aromatic heterocycles. The van der Waals surface area contributed by atoms with Crippen LogP contribution in [0.4, 0.5) is 0 Å². The summed E-state index contributed by atoms with van der Waals surface area (Å²) in [7, 11) is 0. The second-order valence-electron chi connectivity index (χ2n) is 4.96. The molecule has 94 valence electrons. The normalized spacial score (nSPS) is 24.4. The fraction of sp³-hybridized carbons (Fsp3) is 0.917. The molecular formula is C12H24N2O2. The zero-order valence-electron chi connectivity index (χ0n) is 10.7. The van der Waals surface area contributed by atoms with Crippen LogP contribution in [0.15, 0.2) is 0 Å². The third-order valence-corrected chi connectivity index (χ3v) is 3.01. The van der Waals surface area contributed by atoms with E-state index in [2.05, 4.69) is 17.6 Å². The Kier molecular flexibility index (Phi) is 5.22. The molecule has 0 aromatic rings. The van der Waals surface area contributed by atoms with E-state index >= 15 is 0 Å². The van der Waals surface area contributed by atoms with E-state index in [1.54, 1.807) is 0 Å². The minimum absolute atomic E-state index is 0.0702. The van der Waals surface area contributed by atoms with Crippen molar-refractivity contribution in [2.24, 2.45) is 5.92 Å². The first-order chi connectivity index (χ1) is 7.50. The fourth-order valence-electron chi connectivity index (χ4n) is 1.96. The number of rotatable bonds is 5. The Balaban J connectivity index is 2.31. The molecule has 1 rings (SSSR count). The van der Waals surface area contributed by atoms with Gasteiger partial charge in [0.2, 0.25) is 5.91 Å². The summed E-state index contributed by atoms with van der Waals surface area (Å²) in [5.74, 6) is 0.607. The van der Waals surface area contributed by atoms with E-state index in [-0.39, 0.29) is 18.0 Å². The van der Waals surface area contributed by atoms with E-state index < -0.39 is 0 Å². The van der Waals surface area contributed by atoms with Crippen molar-refractivity contribution in [1.29, 1.82) is 0 Å². The van der Waals surface area contributed by atoms with Gasteiger partial charge in [-0.2, -0.15) is 0 Å². The summed E-state index contributed by atoms with van der Waals surface area (Å²) in [4.78, 5) is 11.7. The molecule has 0 spiro atoms. The lowest BCUT2D eigenvalue weighted by Crippen LogP contribution is -2.49. The highest BCUT2D eigenvalue weighted by atomic mass is 16.5. The highest BCUT2D eigenvalue weighted by Crippen LogP contribution is 2.16. The van der Waals surface area contributed by atoms with Crippen molar-refractivity contribution in [1.82, 2.24) is 10.6 Å². The van der Waals surface area contributed by atoms with Gasteiger partial charge in [-0.15, -0.1) is 0 Å². The molecular weight excluding hydrogens is 204 g/mol. The molecule has 1 aliphatic rings. The fourth-order valence-corrected chi connectivity index (χ4v) is 1.96. The molecule has 16 heavy (non-hydrogen) atoms. The number of hydrogen-bond acceptors (Lipinski definition) is 3. The zero-order valence-corrected chi connectivity index (χ0v) is 10.7. The summed E-state index contributed by atoms with van der Waals surface area (Å²) in [6, 6.07) is 0.385. The number of ether oxygens (including phenoxy) is 1. The molecule has 0 aromatic carbocycles. The molecule has 1 fully saturated rings. The second kappa shape index (κ2) is 6.21. The van der Waals surface area contributed by atoms with Crippen LogP contribution in [-0.2, 0) is 9.53 Å².